The van der Waals surface area contributed by atoms with Gasteiger partial charge in [-0.1, -0.05) is 13.8 Å². The zero-order valence-electron chi connectivity index (χ0n) is 11.4. The molecule has 0 saturated carbocycles. The molecular formula is C13H15FIN3O2. The van der Waals surface area contributed by atoms with Crippen LogP contribution in [0.4, 0.5) is 10.3 Å². The summed E-state index contributed by atoms with van der Waals surface area (Å²) in [6, 6.07) is 2.32. The van der Waals surface area contributed by atoms with Gasteiger partial charge in [0.25, 0.3) is 0 Å². The van der Waals surface area contributed by atoms with Crippen molar-refractivity contribution >= 4 is 45.5 Å². The van der Waals surface area contributed by atoms with Crippen LogP contribution in [-0.2, 0) is 9.53 Å². The number of benzene rings is 1. The molecule has 1 aromatic carbocycles. The predicted octanol–water partition coefficient (Wildman–Crippen LogP) is 2.73. The first-order valence-corrected chi connectivity index (χ1v) is 7.15. The summed E-state index contributed by atoms with van der Waals surface area (Å²) in [5, 5.41) is 0. The number of nitrogens with two attached hydrogens (primary N) is 1. The molecule has 7 heteroatoms. The molecule has 20 heavy (non-hydrogen) atoms. The van der Waals surface area contributed by atoms with Crippen LogP contribution >= 0.6 is 22.6 Å². The molecule has 108 valence electrons. The number of esters is 1. The van der Waals surface area contributed by atoms with Gasteiger partial charge >= 0.3 is 5.97 Å². The number of nitrogens with zero attached hydrogens (tertiary/aromatic N) is 2. The van der Waals surface area contributed by atoms with Gasteiger partial charge in [-0.25, -0.2) is 14.2 Å². The molecule has 2 aromatic rings. The van der Waals surface area contributed by atoms with Crippen molar-refractivity contribution in [2.45, 2.75) is 19.9 Å². The molecule has 1 heterocycles. The fourth-order valence-electron chi connectivity index (χ4n) is 2.20. The fourth-order valence-corrected chi connectivity index (χ4v) is 2.65. The Hall–Kier alpha value is -1.38. The second-order valence-electron chi connectivity index (χ2n) is 4.81. The van der Waals surface area contributed by atoms with Crippen LogP contribution < -0.4 is 5.73 Å². The Morgan fingerprint density at radius 3 is 2.70 bits per heavy atom. The molecule has 0 aliphatic rings. The van der Waals surface area contributed by atoms with E-state index in [9.17, 15) is 9.18 Å². The van der Waals surface area contributed by atoms with Crippen molar-refractivity contribution in [3.05, 3.63) is 21.5 Å². The zero-order valence-corrected chi connectivity index (χ0v) is 13.5. The number of carbonyl (C=O) groups is 1. The molecule has 0 saturated heterocycles. The quantitative estimate of drug-likeness (QED) is 0.646. The van der Waals surface area contributed by atoms with Crippen molar-refractivity contribution in [1.29, 1.82) is 0 Å². The highest BCUT2D eigenvalue weighted by atomic mass is 127. The van der Waals surface area contributed by atoms with E-state index in [0.717, 1.165) is 0 Å². The molecule has 1 aromatic heterocycles. The Labute approximate surface area is 129 Å². The first-order valence-electron chi connectivity index (χ1n) is 6.07. The molecule has 5 nitrogen and oxygen atoms in total. The van der Waals surface area contributed by atoms with Crippen molar-refractivity contribution in [2.75, 3.05) is 12.8 Å². The Bertz CT molecular complexity index is 669. The summed E-state index contributed by atoms with van der Waals surface area (Å²) >= 11 is 1.89. The van der Waals surface area contributed by atoms with Crippen molar-refractivity contribution in [3.8, 4) is 0 Å². The van der Waals surface area contributed by atoms with Gasteiger partial charge in [0.15, 0.2) is 0 Å². The lowest BCUT2D eigenvalue weighted by atomic mass is 10.0. The lowest BCUT2D eigenvalue weighted by Crippen LogP contribution is -2.26. The summed E-state index contributed by atoms with van der Waals surface area (Å²) in [6.45, 7) is 3.74. The van der Waals surface area contributed by atoms with Crippen LogP contribution in [0.25, 0.3) is 11.0 Å². The third-order valence-corrected chi connectivity index (χ3v) is 3.94. The van der Waals surface area contributed by atoms with Crippen molar-refractivity contribution in [3.63, 3.8) is 0 Å². The zero-order chi connectivity index (χ0) is 15.0. The van der Waals surface area contributed by atoms with Gasteiger partial charge in [0.1, 0.15) is 11.9 Å². The summed E-state index contributed by atoms with van der Waals surface area (Å²) in [6.07, 6.45) is 0. The van der Waals surface area contributed by atoms with E-state index < -0.39 is 12.0 Å². The Balaban J connectivity index is 2.71. The smallest absolute Gasteiger partial charge is 0.329 e. The number of aromatic nitrogens is 2. The average molecular weight is 391 g/mol. The molecule has 0 radical (unpaired) electrons. The molecule has 0 aliphatic heterocycles. The Kier molecular flexibility index (Phi) is 4.17. The van der Waals surface area contributed by atoms with E-state index in [4.69, 9.17) is 10.5 Å². The van der Waals surface area contributed by atoms with Crippen LogP contribution in [-0.4, -0.2) is 22.6 Å². The molecule has 0 amide bonds. The Morgan fingerprint density at radius 1 is 1.50 bits per heavy atom. The second kappa shape index (κ2) is 5.55. The van der Waals surface area contributed by atoms with Crippen LogP contribution in [0, 0.1) is 15.3 Å². The number of nitrogen functional groups attached to an aromatic ring is 1. The number of rotatable bonds is 3. The molecule has 1 atom stereocenters. The third-order valence-electron chi connectivity index (χ3n) is 3.11. The minimum atomic E-state index is -0.635. The van der Waals surface area contributed by atoms with Crippen LogP contribution in [0.1, 0.15) is 19.9 Å². The van der Waals surface area contributed by atoms with Crippen LogP contribution in [0.15, 0.2) is 12.1 Å². The summed E-state index contributed by atoms with van der Waals surface area (Å²) in [5.41, 5.74) is 6.95. The number of halogens is 2. The highest BCUT2D eigenvalue weighted by Crippen LogP contribution is 2.30. The summed E-state index contributed by atoms with van der Waals surface area (Å²) in [7, 11) is 1.32. The maximum Gasteiger partial charge on any atom is 0.329 e. The third kappa shape index (κ3) is 2.46. The number of methoxy groups -OCH3 is 1. The van der Waals surface area contributed by atoms with Gasteiger partial charge < -0.3 is 10.5 Å². The van der Waals surface area contributed by atoms with Gasteiger partial charge in [-0.15, -0.1) is 0 Å². The number of hydrogen-bond acceptors (Lipinski definition) is 4. The SMILES string of the molecule is COC(=O)C(C(C)C)n1c(N)nc2cc(I)c(F)cc21. The molecular weight excluding hydrogens is 376 g/mol. The molecule has 2 N–H and O–H groups in total. The van der Waals surface area contributed by atoms with E-state index >= 15 is 0 Å². The summed E-state index contributed by atoms with van der Waals surface area (Å²) in [5.74, 6) is -0.688. The van der Waals surface area contributed by atoms with E-state index in [2.05, 4.69) is 4.98 Å². The Morgan fingerprint density at radius 2 is 2.15 bits per heavy atom. The fraction of sp³-hybridized carbons (Fsp3) is 0.385. The molecule has 1 unspecified atom stereocenters. The maximum absolute atomic E-state index is 13.8. The van der Waals surface area contributed by atoms with Gasteiger partial charge in [0.2, 0.25) is 5.95 Å². The molecule has 0 fully saturated rings. The van der Waals surface area contributed by atoms with Gasteiger partial charge in [0, 0.05) is 6.07 Å². The van der Waals surface area contributed by atoms with Gasteiger partial charge in [-0.2, -0.15) is 0 Å². The summed E-state index contributed by atoms with van der Waals surface area (Å²) < 4.78 is 20.6. The van der Waals surface area contributed by atoms with E-state index in [1.807, 2.05) is 36.4 Å². The lowest BCUT2D eigenvalue weighted by Gasteiger charge is -2.21. The number of imidazole rings is 1. The van der Waals surface area contributed by atoms with Crippen molar-refractivity contribution < 1.29 is 13.9 Å². The first-order chi connectivity index (χ1) is 9.36. The van der Waals surface area contributed by atoms with Gasteiger partial charge in [-0.3, -0.25) is 4.57 Å². The summed E-state index contributed by atoms with van der Waals surface area (Å²) in [4.78, 5) is 16.2. The molecule has 2 rings (SSSR count). The largest absolute Gasteiger partial charge is 0.467 e. The van der Waals surface area contributed by atoms with Crippen molar-refractivity contribution in [1.82, 2.24) is 9.55 Å². The van der Waals surface area contributed by atoms with E-state index in [-0.39, 0.29) is 17.7 Å². The number of carbonyl (C=O) groups excluding carboxylic acids is 1. The van der Waals surface area contributed by atoms with Gasteiger partial charge in [-0.05, 0) is 34.6 Å². The number of hydrogen-bond donors (Lipinski definition) is 1. The van der Waals surface area contributed by atoms with Crippen LogP contribution in [0.5, 0.6) is 0 Å². The standard InChI is InChI=1S/C13H15FIN3O2/c1-6(2)11(12(19)20-3)18-10-4-7(14)8(15)5-9(10)17-13(18)16/h4-6,11H,1-3H3,(H2,16,17). The van der Waals surface area contributed by atoms with Gasteiger partial charge in [0.05, 0.1) is 21.7 Å². The monoisotopic (exact) mass is 391 g/mol. The van der Waals surface area contributed by atoms with Crippen LogP contribution in [0.3, 0.4) is 0 Å². The molecule has 0 bridgehead atoms. The highest BCUT2D eigenvalue weighted by Gasteiger charge is 2.29. The minimum Gasteiger partial charge on any atom is -0.467 e. The number of fused-ring (bicyclic) bond motifs is 1. The highest BCUT2D eigenvalue weighted by molar-refractivity contribution is 14.1. The molecule has 0 spiro atoms. The average Bonchev–Trinajstić information content (AvgIpc) is 2.66. The van der Waals surface area contributed by atoms with E-state index in [0.29, 0.717) is 14.6 Å². The normalized spacial score (nSPS) is 12.9. The molecule has 0 aliphatic carbocycles. The van der Waals surface area contributed by atoms with Crippen molar-refractivity contribution in [2.24, 2.45) is 5.92 Å². The topological polar surface area (TPSA) is 70.1 Å². The second-order valence-corrected chi connectivity index (χ2v) is 5.97. The maximum atomic E-state index is 13.8. The predicted molar refractivity (Wildman–Crippen MR) is 82.7 cm³/mol. The van der Waals surface area contributed by atoms with Crippen LogP contribution in [0.2, 0.25) is 0 Å². The number of anilines is 1. The van der Waals surface area contributed by atoms with E-state index in [1.54, 1.807) is 6.07 Å². The van der Waals surface area contributed by atoms with E-state index in [1.165, 1.54) is 17.7 Å². The first kappa shape index (κ1) is 15.0. The lowest BCUT2D eigenvalue weighted by molar-refractivity contribution is -0.145. The number of ether oxygens (including phenoxy) is 1. The minimum absolute atomic E-state index is 0.0653.